The fourth-order valence-corrected chi connectivity index (χ4v) is 6.45. The third-order valence-corrected chi connectivity index (χ3v) is 9.86. The Kier molecular flexibility index (Phi) is 7.70. The third kappa shape index (κ3) is 4.60. The average molecular weight is 488 g/mol. The maximum Gasteiger partial charge on any atom is 0.311 e. The van der Waals surface area contributed by atoms with Crippen LogP contribution < -0.4 is 0 Å². The summed E-state index contributed by atoms with van der Waals surface area (Å²) in [5.41, 5.74) is -0.693. The molecule has 0 aromatic rings. The van der Waals surface area contributed by atoms with Crippen molar-refractivity contribution in [3.63, 3.8) is 0 Å². The number of likely N-dealkylation sites (tertiary alicyclic amines) is 1. The first-order chi connectivity index (χ1) is 16.2. The number of aliphatic hydroxyl groups excluding tert-OH is 1. The zero-order chi connectivity index (χ0) is 26.3. The Labute approximate surface area is 211 Å². The summed E-state index contributed by atoms with van der Waals surface area (Å²) < 4.78 is 11.3. The van der Waals surface area contributed by atoms with Crippen LogP contribution in [0.5, 0.6) is 0 Å². The number of hydrogen-bond donors (Lipinski definition) is 1. The molecule has 35 heavy (non-hydrogen) atoms. The number of aliphatic hydroxyl groups is 1. The largest absolute Gasteiger partial charge is 0.498 e. The standard InChI is InChI=1S/C29H45NO5/c1-18(2)29(8,26(33)34-9)17-27(4,5)28(6,7)19(3)35-14-10-13-30-22(16-31)23-20-11-12-21(15-20)24(23)25(30)32/h11-12,18,20-21,23-25,32H,3,10,13-15,17H2,1-2,4-9H3/t20?,21?,23?,24?,25-,29?/m0/s1. The minimum Gasteiger partial charge on any atom is -0.498 e. The van der Waals surface area contributed by atoms with Gasteiger partial charge in [-0.15, -0.1) is 0 Å². The Morgan fingerprint density at radius 1 is 1.23 bits per heavy atom. The first-order valence-electron chi connectivity index (χ1n) is 13.0. The summed E-state index contributed by atoms with van der Waals surface area (Å²) in [6.07, 6.45) is 6.08. The predicted molar refractivity (Wildman–Crippen MR) is 136 cm³/mol. The lowest BCUT2D eigenvalue weighted by Crippen LogP contribution is -2.44. The molecule has 1 heterocycles. The molecule has 0 aromatic heterocycles. The number of nitrogens with zero attached hydrogens (tertiary/aromatic N) is 1. The van der Waals surface area contributed by atoms with Gasteiger partial charge in [0.05, 0.1) is 24.9 Å². The van der Waals surface area contributed by atoms with Gasteiger partial charge in [-0.1, -0.05) is 60.3 Å². The minimum absolute atomic E-state index is 0.0956. The highest BCUT2D eigenvalue weighted by Gasteiger charge is 2.57. The molecule has 1 aliphatic heterocycles. The summed E-state index contributed by atoms with van der Waals surface area (Å²) in [5.74, 6) is 3.64. The van der Waals surface area contributed by atoms with Crippen molar-refractivity contribution in [3.05, 3.63) is 30.2 Å². The Hall–Kier alpha value is -2.04. The summed E-state index contributed by atoms with van der Waals surface area (Å²) in [6.45, 7) is 19.8. The summed E-state index contributed by atoms with van der Waals surface area (Å²) in [7, 11) is 1.44. The number of rotatable bonds is 11. The van der Waals surface area contributed by atoms with Gasteiger partial charge >= 0.3 is 5.97 Å². The van der Waals surface area contributed by atoms with E-state index in [-0.39, 0.29) is 29.1 Å². The van der Waals surface area contributed by atoms with Crippen LogP contribution in [0.2, 0.25) is 0 Å². The Morgan fingerprint density at radius 2 is 1.86 bits per heavy atom. The number of carbonyl (C=O) groups excluding carboxylic acids is 2. The van der Waals surface area contributed by atoms with E-state index in [0.29, 0.717) is 49.3 Å². The number of esters is 1. The van der Waals surface area contributed by atoms with Gasteiger partial charge in [-0.25, -0.2) is 4.79 Å². The second kappa shape index (κ2) is 9.78. The Morgan fingerprint density at radius 3 is 2.43 bits per heavy atom. The van der Waals surface area contributed by atoms with Crippen molar-refractivity contribution in [1.82, 2.24) is 4.90 Å². The van der Waals surface area contributed by atoms with E-state index in [2.05, 4.69) is 66.2 Å². The van der Waals surface area contributed by atoms with E-state index in [1.807, 2.05) is 11.8 Å². The number of fused-ring (bicyclic) bond motifs is 5. The number of ether oxygens (including phenoxy) is 2. The SMILES string of the molecule is C=C(OCCCN1C(=C=O)C2C3C=CC(C3)C2[C@@H]1O)C(C)(C)C(C)(C)CC(C)(C(=O)OC)C(C)C. The second-order valence-corrected chi connectivity index (χ2v) is 12.5. The summed E-state index contributed by atoms with van der Waals surface area (Å²) in [4.78, 5) is 26.3. The van der Waals surface area contributed by atoms with Gasteiger partial charge in [0, 0.05) is 23.8 Å². The van der Waals surface area contributed by atoms with Crippen molar-refractivity contribution in [1.29, 1.82) is 0 Å². The maximum atomic E-state index is 12.6. The summed E-state index contributed by atoms with van der Waals surface area (Å²) in [5, 5.41) is 10.9. The highest BCUT2D eigenvalue weighted by molar-refractivity contribution is 5.76. The molecule has 0 amide bonds. The first kappa shape index (κ1) is 27.5. The van der Waals surface area contributed by atoms with Crippen molar-refractivity contribution in [2.75, 3.05) is 20.3 Å². The zero-order valence-electron chi connectivity index (χ0n) is 22.9. The van der Waals surface area contributed by atoms with Crippen LogP contribution >= 0.6 is 0 Å². The van der Waals surface area contributed by atoms with Gasteiger partial charge in [-0.2, -0.15) is 0 Å². The molecule has 196 valence electrons. The number of hydrogen-bond acceptors (Lipinski definition) is 6. The minimum atomic E-state index is -0.637. The molecule has 2 aliphatic carbocycles. The molecule has 0 radical (unpaired) electrons. The Bertz CT molecular complexity index is 912. The van der Waals surface area contributed by atoms with Crippen LogP contribution in [0.15, 0.2) is 30.2 Å². The third-order valence-electron chi connectivity index (χ3n) is 9.86. The monoisotopic (exact) mass is 487 g/mol. The van der Waals surface area contributed by atoms with Crippen LogP contribution in [0.4, 0.5) is 0 Å². The van der Waals surface area contributed by atoms with Crippen LogP contribution in [-0.2, 0) is 19.1 Å². The lowest BCUT2D eigenvalue weighted by atomic mass is 9.58. The summed E-state index contributed by atoms with van der Waals surface area (Å²) >= 11 is 0. The molecule has 5 unspecified atom stereocenters. The molecule has 3 rings (SSSR count). The van der Waals surface area contributed by atoms with E-state index < -0.39 is 17.1 Å². The molecular formula is C29H45NO5. The number of carbonyl (C=O) groups is 1. The van der Waals surface area contributed by atoms with Gasteiger partial charge in [0.25, 0.3) is 0 Å². The molecule has 6 nitrogen and oxygen atoms in total. The number of methoxy groups -OCH3 is 1. The van der Waals surface area contributed by atoms with Crippen molar-refractivity contribution in [2.45, 2.75) is 74.0 Å². The highest BCUT2D eigenvalue weighted by Crippen LogP contribution is 2.57. The molecule has 0 aromatic carbocycles. The molecule has 2 bridgehead atoms. The van der Waals surface area contributed by atoms with E-state index in [4.69, 9.17) is 9.47 Å². The molecule has 6 heteroatoms. The van der Waals surface area contributed by atoms with Gasteiger partial charge in [-0.3, -0.25) is 4.79 Å². The molecule has 1 N–H and O–H groups in total. The van der Waals surface area contributed by atoms with E-state index in [9.17, 15) is 14.7 Å². The fourth-order valence-electron chi connectivity index (χ4n) is 6.45. The van der Waals surface area contributed by atoms with Gasteiger partial charge < -0.3 is 19.5 Å². The highest BCUT2D eigenvalue weighted by atomic mass is 16.5. The van der Waals surface area contributed by atoms with Gasteiger partial charge in [0.1, 0.15) is 17.9 Å². The number of allylic oxidation sites excluding steroid dienone is 4. The molecule has 2 fully saturated rings. The van der Waals surface area contributed by atoms with Crippen molar-refractivity contribution < 1.29 is 24.2 Å². The molecule has 6 atom stereocenters. The molecular weight excluding hydrogens is 442 g/mol. The van der Waals surface area contributed by atoms with E-state index >= 15 is 0 Å². The lowest BCUT2D eigenvalue weighted by molar-refractivity contribution is -0.158. The molecule has 0 spiro atoms. The lowest BCUT2D eigenvalue weighted by Gasteiger charge is -2.47. The smallest absolute Gasteiger partial charge is 0.311 e. The van der Waals surface area contributed by atoms with Crippen molar-refractivity contribution >= 4 is 11.9 Å². The second-order valence-electron chi connectivity index (χ2n) is 12.5. The topological polar surface area (TPSA) is 76.1 Å². The van der Waals surface area contributed by atoms with Gasteiger partial charge in [-0.05, 0) is 49.4 Å². The zero-order valence-corrected chi connectivity index (χ0v) is 22.9. The van der Waals surface area contributed by atoms with Crippen LogP contribution in [0.1, 0.15) is 67.7 Å². The first-order valence-corrected chi connectivity index (χ1v) is 13.0. The quantitative estimate of drug-likeness (QED) is 0.146. The van der Waals surface area contributed by atoms with Crippen molar-refractivity contribution in [3.8, 4) is 0 Å². The van der Waals surface area contributed by atoms with Crippen molar-refractivity contribution in [2.24, 2.45) is 45.8 Å². The predicted octanol–water partition coefficient (Wildman–Crippen LogP) is 4.97. The average Bonchev–Trinajstić information content (AvgIpc) is 3.48. The van der Waals surface area contributed by atoms with E-state index in [1.54, 1.807) is 0 Å². The van der Waals surface area contributed by atoms with Crippen LogP contribution in [0, 0.1) is 45.8 Å². The molecule has 1 saturated heterocycles. The van der Waals surface area contributed by atoms with Gasteiger partial charge in [0.2, 0.25) is 0 Å². The summed E-state index contributed by atoms with van der Waals surface area (Å²) in [6, 6.07) is 0. The van der Waals surface area contributed by atoms with Crippen LogP contribution in [0.25, 0.3) is 0 Å². The van der Waals surface area contributed by atoms with E-state index in [0.717, 1.165) is 6.42 Å². The van der Waals surface area contributed by atoms with Crippen LogP contribution in [-0.4, -0.2) is 48.4 Å². The fraction of sp³-hybridized carbons (Fsp3) is 0.759. The normalized spacial score (nSPS) is 29.3. The van der Waals surface area contributed by atoms with Crippen LogP contribution in [0.3, 0.4) is 0 Å². The van der Waals surface area contributed by atoms with Gasteiger partial charge in [0.15, 0.2) is 0 Å². The molecule has 3 aliphatic rings. The Balaban J connectivity index is 1.58. The molecule has 1 saturated carbocycles. The van der Waals surface area contributed by atoms with E-state index in [1.165, 1.54) is 7.11 Å². The maximum absolute atomic E-state index is 12.6.